The first-order chi connectivity index (χ1) is 8.18. The zero-order valence-corrected chi connectivity index (χ0v) is 9.92. The summed E-state index contributed by atoms with van der Waals surface area (Å²) >= 11 is 0. The molecule has 0 saturated carbocycles. The Morgan fingerprint density at radius 3 is 1.89 bits per heavy atom. The van der Waals surface area contributed by atoms with Crippen molar-refractivity contribution in [1.29, 1.82) is 5.26 Å². The molecule has 98 valence electrons. The Balaban J connectivity index is 0.000000360. The van der Waals surface area contributed by atoms with Crippen molar-refractivity contribution in [3.05, 3.63) is 41.2 Å². The van der Waals surface area contributed by atoms with Crippen LogP contribution >= 0.6 is 0 Å². The van der Waals surface area contributed by atoms with Crippen LogP contribution in [0.1, 0.15) is 19.4 Å². The van der Waals surface area contributed by atoms with Gasteiger partial charge in [-0.05, 0) is 38.1 Å². The Bertz CT molecular complexity index is 452. The molecule has 6 heteroatoms. The monoisotopic (exact) mass is 258 g/mol. The third kappa shape index (κ3) is 5.80. The van der Waals surface area contributed by atoms with Gasteiger partial charge in [-0.2, -0.15) is 18.4 Å². The number of aliphatic hydroxyl groups excluding tert-OH is 1. The molecule has 1 aromatic carbocycles. The van der Waals surface area contributed by atoms with Gasteiger partial charge in [-0.15, -0.1) is 0 Å². The molecule has 1 rings (SSSR count). The largest absolute Gasteiger partial charge is 0.512 e. The first-order valence-corrected chi connectivity index (χ1v) is 4.87. The van der Waals surface area contributed by atoms with Crippen LogP contribution in [0.4, 0.5) is 18.9 Å². The predicted octanol–water partition coefficient (Wildman–Crippen LogP) is 3.65. The molecule has 1 aromatic rings. The lowest BCUT2D eigenvalue weighted by atomic mass is 10.2. The Kier molecular flexibility index (Phi) is 5.76. The maximum absolute atomic E-state index is 11.9. The summed E-state index contributed by atoms with van der Waals surface area (Å²) in [5, 5.41) is 16.5. The van der Waals surface area contributed by atoms with Crippen LogP contribution in [-0.2, 0) is 6.18 Å². The van der Waals surface area contributed by atoms with Crippen LogP contribution in [0.5, 0.6) is 0 Å². The first kappa shape index (κ1) is 15.8. The summed E-state index contributed by atoms with van der Waals surface area (Å²) in [4.78, 5) is 0. The minimum Gasteiger partial charge on any atom is -0.512 e. The summed E-state index contributed by atoms with van der Waals surface area (Å²) in [7, 11) is 0. The second kappa shape index (κ2) is 6.55. The van der Waals surface area contributed by atoms with Gasteiger partial charge in [0.25, 0.3) is 0 Å². The lowest BCUT2D eigenvalue weighted by Gasteiger charge is -2.05. The van der Waals surface area contributed by atoms with Crippen LogP contribution in [-0.4, -0.2) is 5.11 Å². The van der Waals surface area contributed by atoms with Crippen molar-refractivity contribution in [1.82, 2.24) is 0 Å². The normalized spacial score (nSPS) is 11.8. The number of nitrogen functional groups attached to an aromatic ring is 1. The third-order valence-electron chi connectivity index (χ3n) is 1.95. The van der Waals surface area contributed by atoms with Gasteiger partial charge in [0.15, 0.2) is 0 Å². The van der Waals surface area contributed by atoms with Gasteiger partial charge in [0, 0.05) is 5.69 Å². The zero-order chi connectivity index (χ0) is 14.3. The minimum absolute atomic E-state index is 0.0995. The smallest absolute Gasteiger partial charge is 0.416 e. The van der Waals surface area contributed by atoms with Gasteiger partial charge >= 0.3 is 6.18 Å². The fourth-order valence-electron chi connectivity index (χ4n) is 0.753. The van der Waals surface area contributed by atoms with E-state index in [2.05, 4.69) is 0 Å². The van der Waals surface area contributed by atoms with E-state index in [4.69, 9.17) is 16.1 Å². The highest BCUT2D eigenvalue weighted by molar-refractivity contribution is 5.39. The Hall–Kier alpha value is -2.16. The molecule has 0 saturated heterocycles. The molecule has 0 aliphatic carbocycles. The van der Waals surface area contributed by atoms with E-state index in [1.807, 2.05) is 0 Å². The highest BCUT2D eigenvalue weighted by Crippen LogP contribution is 2.29. The maximum atomic E-state index is 11.9. The average Bonchev–Trinajstić information content (AvgIpc) is 2.28. The fourth-order valence-corrected chi connectivity index (χ4v) is 0.753. The Labute approximate surface area is 103 Å². The molecule has 0 aromatic heterocycles. The van der Waals surface area contributed by atoms with Gasteiger partial charge in [-0.1, -0.05) is 0 Å². The number of anilines is 1. The van der Waals surface area contributed by atoms with E-state index in [0.29, 0.717) is 11.3 Å². The number of nitrogens with zero attached hydrogens (tertiary/aromatic N) is 1. The van der Waals surface area contributed by atoms with Gasteiger partial charge in [-0.25, -0.2) is 0 Å². The van der Waals surface area contributed by atoms with E-state index in [1.165, 1.54) is 19.1 Å². The number of rotatable bonds is 0. The molecule has 0 bridgehead atoms. The topological polar surface area (TPSA) is 70.0 Å². The summed E-state index contributed by atoms with van der Waals surface area (Å²) in [6, 6.07) is 6.15. The Morgan fingerprint density at radius 1 is 1.22 bits per heavy atom. The quantitative estimate of drug-likeness (QED) is 0.424. The van der Waals surface area contributed by atoms with Gasteiger partial charge < -0.3 is 10.8 Å². The van der Waals surface area contributed by atoms with Crippen LogP contribution in [0.2, 0.25) is 0 Å². The molecule has 0 heterocycles. The van der Waals surface area contributed by atoms with Crippen LogP contribution in [0.15, 0.2) is 35.6 Å². The molecule has 18 heavy (non-hydrogen) atoms. The summed E-state index contributed by atoms with van der Waals surface area (Å²) in [5.41, 5.74) is 5.23. The van der Waals surface area contributed by atoms with Crippen LogP contribution in [0.3, 0.4) is 0 Å². The molecule has 0 aliphatic heterocycles. The predicted molar refractivity (Wildman–Crippen MR) is 62.5 cm³/mol. The molecule has 0 aliphatic rings. The lowest BCUT2D eigenvalue weighted by Crippen LogP contribution is -2.04. The number of hydrogen-bond acceptors (Lipinski definition) is 3. The Morgan fingerprint density at radius 2 is 1.67 bits per heavy atom. The number of hydrogen-bond donors (Lipinski definition) is 2. The standard InChI is InChI=1S/C7H6F3N.C5H7NO/c8-7(9,10)5-1-3-6(11)4-2-5;1-4(3-6)5(2)7/h1-4H,11H2;7H,1-2H3. The number of alkyl halides is 3. The second-order valence-electron chi connectivity index (χ2n) is 3.44. The average molecular weight is 258 g/mol. The van der Waals surface area contributed by atoms with Crippen LogP contribution in [0.25, 0.3) is 0 Å². The zero-order valence-electron chi connectivity index (χ0n) is 9.92. The number of nitrogens with two attached hydrogens (primary N) is 1. The number of benzene rings is 1. The van der Waals surface area contributed by atoms with Gasteiger partial charge in [0.05, 0.1) is 17.2 Å². The molecule has 0 atom stereocenters. The third-order valence-corrected chi connectivity index (χ3v) is 1.95. The van der Waals surface area contributed by atoms with E-state index < -0.39 is 11.7 Å². The first-order valence-electron chi connectivity index (χ1n) is 4.87. The molecule has 3 N–H and O–H groups in total. The maximum Gasteiger partial charge on any atom is 0.416 e. The summed E-state index contributed by atoms with van der Waals surface area (Å²) in [5.74, 6) is 0.0995. The van der Waals surface area contributed by atoms with E-state index >= 15 is 0 Å². The van der Waals surface area contributed by atoms with Crippen molar-refractivity contribution >= 4 is 5.69 Å². The van der Waals surface area contributed by atoms with Crippen molar-refractivity contribution in [3.8, 4) is 6.07 Å². The molecule has 0 radical (unpaired) electrons. The number of allylic oxidation sites excluding steroid dienone is 2. The van der Waals surface area contributed by atoms with Crippen LogP contribution in [0, 0.1) is 11.3 Å². The fraction of sp³-hybridized carbons (Fsp3) is 0.250. The highest BCUT2D eigenvalue weighted by atomic mass is 19.4. The molecular formula is C12H13F3N2O. The van der Waals surface area contributed by atoms with Gasteiger partial charge in [0.1, 0.15) is 5.76 Å². The molecule has 0 amide bonds. The second-order valence-corrected chi connectivity index (χ2v) is 3.44. The van der Waals surface area contributed by atoms with Crippen LogP contribution < -0.4 is 5.73 Å². The van der Waals surface area contributed by atoms with E-state index in [9.17, 15) is 13.2 Å². The molecular weight excluding hydrogens is 245 g/mol. The van der Waals surface area contributed by atoms with E-state index in [-0.39, 0.29) is 5.76 Å². The van der Waals surface area contributed by atoms with Gasteiger partial charge in [0.2, 0.25) is 0 Å². The van der Waals surface area contributed by atoms with Gasteiger partial charge in [-0.3, -0.25) is 0 Å². The van der Waals surface area contributed by atoms with Crippen molar-refractivity contribution in [2.75, 3.05) is 5.73 Å². The number of nitriles is 1. The highest BCUT2D eigenvalue weighted by Gasteiger charge is 2.29. The van der Waals surface area contributed by atoms with Crippen molar-refractivity contribution < 1.29 is 18.3 Å². The summed E-state index contributed by atoms with van der Waals surface area (Å²) in [6.45, 7) is 3.05. The summed E-state index contributed by atoms with van der Waals surface area (Å²) < 4.78 is 35.6. The summed E-state index contributed by atoms with van der Waals surface area (Å²) in [6.07, 6.45) is -4.27. The SMILES string of the molecule is CC(O)=C(C)C#N.Nc1ccc(C(F)(F)F)cc1. The van der Waals surface area contributed by atoms with Crippen molar-refractivity contribution in [2.24, 2.45) is 0 Å². The molecule has 0 fully saturated rings. The van der Waals surface area contributed by atoms with E-state index in [1.54, 1.807) is 13.0 Å². The van der Waals surface area contributed by atoms with E-state index in [0.717, 1.165) is 12.1 Å². The van der Waals surface area contributed by atoms with Crippen molar-refractivity contribution in [3.63, 3.8) is 0 Å². The molecule has 3 nitrogen and oxygen atoms in total. The molecule has 0 unspecified atom stereocenters. The lowest BCUT2D eigenvalue weighted by molar-refractivity contribution is -0.137. The number of halogens is 3. The van der Waals surface area contributed by atoms with Crippen molar-refractivity contribution in [2.45, 2.75) is 20.0 Å². The molecule has 0 spiro atoms. The minimum atomic E-state index is -4.27. The number of aliphatic hydroxyl groups is 1.